The molecule has 0 bridgehead atoms. The van der Waals surface area contributed by atoms with Gasteiger partial charge in [0.05, 0.1) is 28.0 Å². The zero-order valence-electron chi connectivity index (χ0n) is 13.9. The van der Waals surface area contributed by atoms with Gasteiger partial charge in [0.2, 0.25) is 5.91 Å². The van der Waals surface area contributed by atoms with Crippen molar-refractivity contribution in [1.29, 1.82) is 0 Å². The number of fused-ring (bicyclic) bond motifs is 1. The highest BCUT2D eigenvalue weighted by molar-refractivity contribution is 7.91. The van der Waals surface area contributed by atoms with Gasteiger partial charge in [0, 0.05) is 0 Å². The van der Waals surface area contributed by atoms with Crippen molar-refractivity contribution in [2.24, 2.45) is 5.92 Å². The zero-order valence-corrected chi connectivity index (χ0v) is 15.5. The quantitative estimate of drug-likeness (QED) is 0.725. The Hall–Kier alpha value is -2.14. The van der Waals surface area contributed by atoms with Gasteiger partial charge in [-0.15, -0.1) is 0 Å². The number of benzene rings is 1. The first-order valence-electron chi connectivity index (χ1n) is 8.00. The maximum Gasteiger partial charge on any atom is 0.265 e. The second kappa shape index (κ2) is 6.54. The number of hydrogen-bond donors (Lipinski definition) is 2. The number of hydrogen-bond acceptors (Lipinski definition) is 7. The molecule has 1 saturated heterocycles. The summed E-state index contributed by atoms with van der Waals surface area (Å²) in [4.78, 5) is 23.7. The zero-order chi connectivity index (χ0) is 19.1. The molecule has 2 heterocycles. The van der Waals surface area contributed by atoms with Gasteiger partial charge in [-0.3, -0.25) is 9.59 Å². The fourth-order valence-corrected chi connectivity index (χ4v) is 5.65. The molecule has 26 heavy (non-hydrogen) atoms. The van der Waals surface area contributed by atoms with Gasteiger partial charge >= 0.3 is 0 Å². The average Bonchev–Trinajstić information content (AvgIpc) is 2.93. The van der Waals surface area contributed by atoms with Gasteiger partial charge in [-0.2, -0.15) is 0 Å². The van der Waals surface area contributed by atoms with E-state index in [1.54, 1.807) is 6.92 Å². The lowest BCUT2D eigenvalue weighted by molar-refractivity contribution is -0.124. The van der Waals surface area contributed by atoms with Crippen LogP contribution in [0.25, 0.3) is 0 Å². The lowest BCUT2D eigenvalue weighted by atomic mass is 10.1. The molecular formula is C15H18N2O7S2. The molecule has 0 aliphatic carbocycles. The Kier molecular flexibility index (Phi) is 4.69. The van der Waals surface area contributed by atoms with Crippen LogP contribution in [0.4, 0.5) is 5.69 Å². The molecule has 1 fully saturated rings. The summed E-state index contributed by atoms with van der Waals surface area (Å²) < 4.78 is 55.1. The summed E-state index contributed by atoms with van der Waals surface area (Å²) in [6, 6.07) is 3.85. The van der Waals surface area contributed by atoms with E-state index in [-0.39, 0.29) is 34.4 Å². The molecular weight excluding hydrogens is 384 g/mol. The Morgan fingerprint density at radius 2 is 2.12 bits per heavy atom. The van der Waals surface area contributed by atoms with Gasteiger partial charge in [0.1, 0.15) is 5.75 Å². The van der Waals surface area contributed by atoms with Crippen molar-refractivity contribution >= 4 is 37.4 Å². The number of carbonyl (C=O) groups excluding carboxylic acids is 2. The fourth-order valence-electron chi connectivity index (χ4n) is 2.84. The summed E-state index contributed by atoms with van der Waals surface area (Å²) in [5.41, 5.74) is 0.193. The van der Waals surface area contributed by atoms with Gasteiger partial charge in [-0.05, 0) is 31.0 Å². The smallest absolute Gasteiger partial charge is 0.265 e. The monoisotopic (exact) mass is 402 g/mol. The van der Waals surface area contributed by atoms with Crippen molar-refractivity contribution in [1.82, 2.24) is 4.72 Å². The minimum Gasteiger partial charge on any atom is -0.478 e. The number of ether oxygens (including phenoxy) is 1. The maximum absolute atomic E-state index is 12.4. The molecule has 142 valence electrons. The first-order chi connectivity index (χ1) is 12.1. The van der Waals surface area contributed by atoms with Crippen LogP contribution < -0.4 is 14.8 Å². The summed E-state index contributed by atoms with van der Waals surface area (Å²) in [5.74, 6) is -2.28. The van der Waals surface area contributed by atoms with Crippen LogP contribution in [0.1, 0.15) is 19.8 Å². The van der Waals surface area contributed by atoms with E-state index in [1.807, 2.05) is 4.72 Å². The molecule has 0 radical (unpaired) electrons. The fraction of sp³-hybridized carbons (Fsp3) is 0.467. The molecule has 9 nitrogen and oxygen atoms in total. The summed E-state index contributed by atoms with van der Waals surface area (Å²) in [6.07, 6.45) is -0.0871. The molecule has 2 atom stereocenters. The van der Waals surface area contributed by atoms with Gasteiger partial charge in [0.25, 0.3) is 15.9 Å². The summed E-state index contributed by atoms with van der Waals surface area (Å²) >= 11 is 0. The molecule has 0 saturated carbocycles. The number of sulfone groups is 1. The summed E-state index contributed by atoms with van der Waals surface area (Å²) in [6.45, 7) is 1.78. The van der Waals surface area contributed by atoms with E-state index in [9.17, 15) is 26.4 Å². The van der Waals surface area contributed by atoms with Gasteiger partial charge < -0.3 is 10.1 Å². The number of anilines is 1. The molecule has 0 spiro atoms. The topological polar surface area (TPSA) is 136 Å². The van der Waals surface area contributed by atoms with Crippen LogP contribution in [0.2, 0.25) is 0 Å². The molecule has 2 amide bonds. The van der Waals surface area contributed by atoms with Crippen LogP contribution in [0.5, 0.6) is 5.75 Å². The number of carbonyl (C=O) groups is 2. The lowest BCUT2D eigenvalue weighted by Gasteiger charge is -2.25. The highest BCUT2D eigenvalue weighted by Crippen LogP contribution is 2.32. The second-order valence-electron chi connectivity index (χ2n) is 6.23. The average molecular weight is 402 g/mol. The molecule has 0 aromatic heterocycles. The Morgan fingerprint density at radius 1 is 1.38 bits per heavy atom. The lowest BCUT2D eigenvalue weighted by Crippen LogP contribution is -2.37. The van der Waals surface area contributed by atoms with E-state index in [2.05, 4.69) is 5.32 Å². The SMILES string of the molecule is CC[C@@H]1Oc2ccc(S(=O)(=O)NC(=O)[C@@H]3CCS(=O)(=O)C3)cc2NC1=O. The molecule has 1 aromatic carbocycles. The van der Waals surface area contributed by atoms with Gasteiger partial charge in [-0.1, -0.05) is 6.92 Å². The van der Waals surface area contributed by atoms with Crippen LogP contribution >= 0.6 is 0 Å². The van der Waals surface area contributed by atoms with Crippen molar-refractivity contribution in [3.63, 3.8) is 0 Å². The summed E-state index contributed by atoms with van der Waals surface area (Å²) in [7, 11) is -7.51. The first-order valence-corrected chi connectivity index (χ1v) is 11.3. The predicted octanol–water partition coefficient (Wildman–Crippen LogP) is 0.0357. The van der Waals surface area contributed by atoms with Crippen molar-refractivity contribution in [3.8, 4) is 5.75 Å². The molecule has 2 aliphatic rings. The Balaban J connectivity index is 1.79. The van der Waals surface area contributed by atoms with Crippen molar-refractivity contribution < 1.29 is 31.2 Å². The minimum atomic E-state index is -4.21. The largest absolute Gasteiger partial charge is 0.478 e. The minimum absolute atomic E-state index is 0.0934. The third-order valence-electron chi connectivity index (χ3n) is 4.29. The van der Waals surface area contributed by atoms with Crippen molar-refractivity contribution in [2.75, 3.05) is 16.8 Å². The van der Waals surface area contributed by atoms with E-state index >= 15 is 0 Å². The van der Waals surface area contributed by atoms with Crippen LogP contribution in [0, 0.1) is 5.92 Å². The van der Waals surface area contributed by atoms with Gasteiger partial charge in [0.15, 0.2) is 15.9 Å². The molecule has 2 N–H and O–H groups in total. The maximum atomic E-state index is 12.4. The van der Waals surface area contributed by atoms with E-state index in [4.69, 9.17) is 4.74 Å². The highest BCUT2D eigenvalue weighted by atomic mass is 32.2. The number of nitrogens with one attached hydrogen (secondary N) is 2. The van der Waals surface area contributed by atoms with E-state index in [0.717, 1.165) is 0 Å². The first kappa shape index (κ1) is 18.6. The molecule has 11 heteroatoms. The molecule has 2 aliphatic heterocycles. The normalized spacial score (nSPS) is 24.3. The van der Waals surface area contributed by atoms with Crippen LogP contribution in [0.15, 0.2) is 23.1 Å². The van der Waals surface area contributed by atoms with E-state index in [1.165, 1.54) is 18.2 Å². The number of sulfonamides is 1. The Morgan fingerprint density at radius 3 is 2.73 bits per heavy atom. The van der Waals surface area contributed by atoms with Crippen molar-refractivity contribution in [3.05, 3.63) is 18.2 Å². The Labute approximate surface area is 151 Å². The van der Waals surface area contributed by atoms with Crippen LogP contribution in [-0.4, -0.2) is 46.3 Å². The standard InChI is InChI=1S/C15H18N2O7S2/c1-2-12-15(19)16-11-7-10(3-4-13(11)24-12)26(22,23)17-14(18)9-5-6-25(20,21)8-9/h3-4,7,9,12H,2,5-6,8H2,1H3,(H,16,19)(H,17,18)/t9-,12+/m1/s1. The number of rotatable bonds is 4. The molecule has 0 unspecified atom stereocenters. The van der Waals surface area contributed by atoms with Gasteiger partial charge in [-0.25, -0.2) is 21.6 Å². The van der Waals surface area contributed by atoms with E-state index in [0.29, 0.717) is 12.2 Å². The highest BCUT2D eigenvalue weighted by Gasteiger charge is 2.35. The van der Waals surface area contributed by atoms with Crippen LogP contribution in [0.3, 0.4) is 0 Å². The number of amides is 2. The van der Waals surface area contributed by atoms with Crippen LogP contribution in [-0.2, 0) is 29.4 Å². The molecule has 3 rings (SSSR count). The second-order valence-corrected chi connectivity index (χ2v) is 10.1. The predicted molar refractivity (Wildman–Crippen MR) is 91.9 cm³/mol. The third-order valence-corrected chi connectivity index (χ3v) is 7.40. The van der Waals surface area contributed by atoms with E-state index < -0.39 is 37.8 Å². The molecule has 1 aromatic rings. The van der Waals surface area contributed by atoms with Crippen molar-refractivity contribution in [2.45, 2.75) is 30.8 Å². The Bertz CT molecular complexity index is 970. The summed E-state index contributed by atoms with van der Waals surface area (Å²) in [5, 5.41) is 2.57. The third kappa shape index (κ3) is 3.68.